The standard InChI is InChI=1S/C16H20N4O4S.ClH/c1-25(22,23)24-13-4-2-11(3-5-13)14-10-18-15(20-14)16(21)19-12-6-8-17-9-7-12;/h2-5,10,12,17H,6-9H2,1H3,(H,18,20)(H,19,21);1H. The molecule has 8 nitrogen and oxygen atoms in total. The van der Waals surface area contributed by atoms with Gasteiger partial charge in [0, 0.05) is 6.04 Å². The number of hydrogen-bond acceptors (Lipinski definition) is 6. The molecule has 0 spiro atoms. The summed E-state index contributed by atoms with van der Waals surface area (Å²) in [5, 5.41) is 6.22. The van der Waals surface area contributed by atoms with Crippen LogP contribution in [0.25, 0.3) is 11.3 Å². The number of piperidine rings is 1. The van der Waals surface area contributed by atoms with Gasteiger partial charge >= 0.3 is 10.1 Å². The number of H-pyrrole nitrogens is 1. The number of aromatic amines is 1. The molecule has 0 unspecified atom stereocenters. The summed E-state index contributed by atoms with van der Waals surface area (Å²) < 4.78 is 27.0. The highest BCUT2D eigenvalue weighted by Gasteiger charge is 2.18. The zero-order valence-corrected chi connectivity index (χ0v) is 15.8. The molecule has 142 valence electrons. The summed E-state index contributed by atoms with van der Waals surface area (Å²) >= 11 is 0. The van der Waals surface area contributed by atoms with Crippen LogP contribution >= 0.6 is 12.4 Å². The van der Waals surface area contributed by atoms with Crippen molar-refractivity contribution in [2.75, 3.05) is 19.3 Å². The number of rotatable bonds is 5. The Morgan fingerprint density at radius 2 is 1.88 bits per heavy atom. The summed E-state index contributed by atoms with van der Waals surface area (Å²) in [6, 6.07) is 6.65. The molecule has 2 aromatic rings. The van der Waals surface area contributed by atoms with E-state index in [4.69, 9.17) is 4.18 Å². The van der Waals surface area contributed by atoms with Crippen LogP contribution < -0.4 is 14.8 Å². The maximum absolute atomic E-state index is 12.3. The second-order valence-electron chi connectivity index (χ2n) is 5.96. The smallest absolute Gasteiger partial charge is 0.306 e. The fourth-order valence-electron chi connectivity index (χ4n) is 2.67. The highest BCUT2D eigenvalue weighted by molar-refractivity contribution is 7.86. The third-order valence-corrected chi connectivity index (χ3v) is 4.37. The number of amides is 1. The Balaban J connectivity index is 0.00000243. The fraction of sp³-hybridized carbons (Fsp3) is 0.375. The highest BCUT2D eigenvalue weighted by Crippen LogP contribution is 2.21. The Hall–Kier alpha value is -2.10. The summed E-state index contributed by atoms with van der Waals surface area (Å²) in [7, 11) is -3.55. The summed E-state index contributed by atoms with van der Waals surface area (Å²) in [4.78, 5) is 19.4. The van der Waals surface area contributed by atoms with Gasteiger partial charge in [0.15, 0.2) is 5.82 Å². The van der Waals surface area contributed by atoms with Crippen LogP contribution in [0.4, 0.5) is 0 Å². The summed E-state index contributed by atoms with van der Waals surface area (Å²) in [6.07, 6.45) is 4.37. The van der Waals surface area contributed by atoms with Crippen LogP contribution in [0.3, 0.4) is 0 Å². The molecule has 3 N–H and O–H groups in total. The van der Waals surface area contributed by atoms with Gasteiger partial charge in [-0.3, -0.25) is 4.79 Å². The van der Waals surface area contributed by atoms with E-state index in [1.54, 1.807) is 30.5 Å². The van der Waals surface area contributed by atoms with E-state index in [0.717, 1.165) is 37.8 Å². The van der Waals surface area contributed by atoms with E-state index in [-0.39, 0.29) is 35.9 Å². The van der Waals surface area contributed by atoms with Crippen molar-refractivity contribution < 1.29 is 17.4 Å². The highest BCUT2D eigenvalue weighted by atomic mass is 35.5. The van der Waals surface area contributed by atoms with E-state index in [0.29, 0.717) is 5.69 Å². The summed E-state index contributed by atoms with van der Waals surface area (Å²) in [5.74, 6) is 0.259. The second kappa shape index (κ2) is 8.52. The number of carbonyl (C=O) groups excluding carboxylic acids is 1. The molecule has 1 aliphatic rings. The van der Waals surface area contributed by atoms with Crippen LogP contribution in [0.15, 0.2) is 30.5 Å². The Kier molecular flexibility index (Phi) is 6.63. The molecule has 26 heavy (non-hydrogen) atoms. The minimum absolute atomic E-state index is 0. The van der Waals surface area contributed by atoms with E-state index in [9.17, 15) is 13.2 Å². The number of aromatic nitrogens is 2. The average Bonchev–Trinajstić information content (AvgIpc) is 3.05. The third-order valence-electron chi connectivity index (χ3n) is 3.88. The Morgan fingerprint density at radius 3 is 2.50 bits per heavy atom. The third kappa shape index (κ3) is 5.45. The summed E-state index contributed by atoms with van der Waals surface area (Å²) in [6.45, 7) is 1.80. The van der Waals surface area contributed by atoms with Gasteiger partial charge in [-0.2, -0.15) is 8.42 Å². The quantitative estimate of drug-likeness (QED) is 0.652. The molecule has 3 rings (SSSR count). The van der Waals surface area contributed by atoms with Crippen molar-refractivity contribution in [2.45, 2.75) is 18.9 Å². The molecule has 0 radical (unpaired) electrons. The van der Waals surface area contributed by atoms with Crippen LogP contribution in [0.5, 0.6) is 5.75 Å². The minimum Gasteiger partial charge on any atom is -0.383 e. The van der Waals surface area contributed by atoms with Crippen molar-refractivity contribution in [2.24, 2.45) is 0 Å². The molecule has 10 heteroatoms. The maximum atomic E-state index is 12.3. The van der Waals surface area contributed by atoms with Gasteiger partial charge < -0.3 is 19.8 Å². The molecule has 0 saturated carbocycles. The Labute approximate surface area is 158 Å². The number of halogens is 1. The monoisotopic (exact) mass is 400 g/mol. The molecule has 1 amide bonds. The summed E-state index contributed by atoms with van der Waals surface area (Å²) in [5.41, 5.74) is 1.44. The van der Waals surface area contributed by atoms with Crippen LogP contribution in [0.2, 0.25) is 0 Å². The first-order chi connectivity index (χ1) is 11.9. The van der Waals surface area contributed by atoms with Gasteiger partial charge in [0.1, 0.15) is 5.75 Å². The van der Waals surface area contributed by atoms with Gasteiger partial charge in [0.2, 0.25) is 0 Å². The van der Waals surface area contributed by atoms with Crippen molar-refractivity contribution >= 4 is 28.4 Å². The van der Waals surface area contributed by atoms with Crippen LogP contribution in [-0.2, 0) is 10.1 Å². The van der Waals surface area contributed by atoms with Gasteiger partial charge in [-0.15, -0.1) is 12.4 Å². The first kappa shape index (κ1) is 20.2. The van der Waals surface area contributed by atoms with Gasteiger partial charge in [0.25, 0.3) is 5.91 Å². The molecule has 0 aliphatic carbocycles. The lowest BCUT2D eigenvalue weighted by Crippen LogP contribution is -2.43. The largest absolute Gasteiger partial charge is 0.383 e. The van der Waals surface area contributed by atoms with Crippen LogP contribution in [-0.4, -0.2) is 49.7 Å². The molecular formula is C16H21ClN4O4S. The van der Waals surface area contributed by atoms with Crippen molar-refractivity contribution in [3.05, 3.63) is 36.3 Å². The molecule has 1 aromatic heterocycles. The number of nitrogens with one attached hydrogen (secondary N) is 3. The SMILES string of the molecule is CS(=O)(=O)Oc1ccc(-c2cnc(C(=O)NC3CCNCC3)[nH]2)cc1.Cl. The molecule has 0 bridgehead atoms. The number of nitrogens with zero attached hydrogens (tertiary/aromatic N) is 1. The second-order valence-corrected chi connectivity index (χ2v) is 7.53. The molecule has 1 saturated heterocycles. The lowest BCUT2D eigenvalue weighted by Gasteiger charge is -2.23. The van der Waals surface area contributed by atoms with Gasteiger partial charge in [-0.05, 0) is 55.8 Å². The van der Waals surface area contributed by atoms with E-state index in [1.165, 1.54) is 0 Å². The predicted molar refractivity (Wildman–Crippen MR) is 100 cm³/mol. The number of carbonyl (C=O) groups is 1. The van der Waals surface area contributed by atoms with E-state index in [1.807, 2.05) is 0 Å². The number of imidazole rings is 1. The molecule has 1 aromatic carbocycles. The zero-order valence-electron chi connectivity index (χ0n) is 14.2. The van der Waals surface area contributed by atoms with Gasteiger partial charge in [0.05, 0.1) is 18.1 Å². The first-order valence-electron chi connectivity index (χ1n) is 7.97. The number of benzene rings is 1. The van der Waals surface area contributed by atoms with Crippen molar-refractivity contribution in [3.63, 3.8) is 0 Å². The zero-order chi connectivity index (χ0) is 17.9. The van der Waals surface area contributed by atoms with Crippen LogP contribution in [0.1, 0.15) is 23.5 Å². The minimum atomic E-state index is -3.55. The van der Waals surface area contributed by atoms with Gasteiger partial charge in [-0.25, -0.2) is 4.98 Å². The normalized spacial score (nSPS) is 15.1. The Morgan fingerprint density at radius 1 is 1.23 bits per heavy atom. The fourth-order valence-corrected chi connectivity index (χ4v) is 3.13. The van der Waals surface area contributed by atoms with Crippen molar-refractivity contribution in [3.8, 4) is 17.0 Å². The first-order valence-corrected chi connectivity index (χ1v) is 9.79. The lowest BCUT2D eigenvalue weighted by atomic mass is 10.1. The Bertz CT molecular complexity index is 845. The molecule has 1 fully saturated rings. The topological polar surface area (TPSA) is 113 Å². The van der Waals surface area contributed by atoms with Crippen molar-refractivity contribution in [1.29, 1.82) is 0 Å². The van der Waals surface area contributed by atoms with E-state index < -0.39 is 10.1 Å². The lowest BCUT2D eigenvalue weighted by molar-refractivity contribution is 0.0920. The average molecular weight is 401 g/mol. The van der Waals surface area contributed by atoms with E-state index >= 15 is 0 Å². The van der Waals surface area contributed by atoms with Crippen LogP contribution in [0, 0.1) is 0 Å². The van der Waals surface area contributed by atoms with Crippen molar-refractivity contribution in [1.82, 2.24) is 20.6 Å². The predicted octanol–water partition coefficient (Wildman–Crippen LogP) is 1.32. The molecule has 0 atom stereocenters. The molecule has 1 aliphatic heterocycles. The maximum Gasteiger partial charge on any atom is 0.306 e. The molecule has 2 heterocycles. The van der Waals surface area contributed by atoms with Gasteiger partial charge in [-0.1, -0.05) is 0 Å². The number of hydrogen-bond donors (Lipinski definition) is 3. The van der Waals surface area contributed by atoms with E-state index in [2.05, 4.69) is 20.6 Å². The molecular weight excluding hydrogens is 380 g/mol.